The molecule has 0 N–H and O–H groups in total. The molecule has 3 aromatic rings. The van der Waals surface area contributed by atoms with E-state index in [0.29, 0.717) is 22.6 Å². The first-order valence-electron chi connectivity index (χ1n) is 8.35. The molecule has 0 amide bonds. The van der Waals surface area contributed by atoms with Crippen LogP contribution >= 0.6 is 0 Å². The molecule has 2 aromatic carbocycles. The largest absolute Gasteiger partial charge is 0.493 e. The summed E-state index contributed by atoms with van der Waals surface area (Å²) in [6.45, 7) is 0. The van der Waals surface area contributed by atoms with Gasteiger partial charge in [-0.15, -0.1) is 0 Å². The summed E-state index contributed by atoms with van der Waals surface area (Å²) in [5.74, 6) is 0.829. The Morgan fingerprint density at radius 3 is 2.21 bits per heavy atom. The first-order valence-corrected chi connectivity index (χ1v) is 8.35. The lowest BCUT2D eigenvalue weighted by Gasteiger charge is -2.15. The maximum Gasteiger partial charge on any atom is 0.416 e. The molecule has 0 spiro atoms. The fourth-order valence-electron chi connectivity index (χ4n) is 3.07. The third-order valence-corrected chi connectivity index (χ3v) is 4.35. The minimum absolute atomic E-state index is 0.163. The van der Waals surface area contributed by atoms with Gasteiger partial charge in [0.25, 0.3) is 0 Å². The normalized spacial score (nSPS) is 11.4. The highest BCUT2D eigenvalue weighted by atomic mass is 19.4. The second-order valence-corrected chi connectivity index (χ2v) is 6.20. The van der Waals surface area contributed by atoms with Crippen LogP contribution in [-0.4, -0.2) is 18.8 Å². The minimum atomic E-state index is -4.49. The highest BCUT2D eigenvalue weighted by Crippen LogP contribution is 2.37. The van der Waals surface area contributed by atoms with Crippen LogP contribution in [0, 0.1) is 0 Å². The Bertz CT molecular complexity index is 1070. The molecule has 4 nitrogen and oxygen atoms in total. The van der Waals surface area contributed by atoms with E-state index in [2.05, 4.69) is 0 Å². The smallest absolute Gasteiger partial charge is 0.416 e. The highest BCUT2D eigenvalue weighted by Gasteiger charge is 2.30. The fraction of sp³-hybridized carbons (Fsp3) is 0.190. The first-order chi connectivity index (χ1) is 13.3. The first kappa shape index (κ1) is 19.5. The van der Waals surface area contributed by atoms with Crippen molar-refractivity contribution in [2.75, 3.05) is 14.2 Å². The van der Waals surface area contributed by atoms with Crippen LogP contribution < -0.4 is 14.9 Å². The summed E-state index contributed by atoms with van der Waals surface area (Å²) >= 11 is 0. The van der Waals surface area contributed by atoms with Crippen molar-refractivity contribution in [3.63, 3.8) is 0 Å². The van der Waals surface area contributed by atoms with Gasteiger partial charge in [-0.25, -0.2) is 0 Å². The molecule has 0 aliphatic rings. The van der Waals surface area contributed by atoms with Gasteiger partial charge in [-0.2, -0.15) is 13.2 Å². The van der Waals surface area contributed by atoms with Crippen LogP contribution in [0.25, 0.3) is 22.3 Å². The third kappa shape index (κ3) is 3.60. The van der Waals surface area contributed by atoms with E-state index in [0.717, 1.165) is 12.1 Å². The standard InChI is InChI=1S/C21H18F3NO3/c1-25-11-16(13-6-4-7-14(10-13)21(22,23)24)19(26)17(12-25)15-8-5-9-18(27-2)20(15)28-3/h4-12H,1-3H3. The topological polar surface area (TPSA) is 40.5 Å². The van der Waals surface area contributed by atoms with E-state index < -0.39 is 17.2 Å². The zero-order valence-electron chi connectivity index (χ0n) is 15.5. The summed E-state index contributed by atoms with van der Waals surface area (Å²) in [7, 11) is 4.65. The number of aryl methyl sites for hydroxylation is 1. The Balaban J connectivity index is 2.25. The Hall–Kier alpha value is -3.22. The van der Waals surface area contributed by atoms with Crippen LogP contribution in [0.2, 0.25) is 0 Å². The van der Waals surface area contributed by atoms with Crippen molar-refractivity contribution < 1.29 is 22.6 Å². The lowest BCUT2D eigenvalue weighted by atomic mass is 9.98. The van der Waals surface area contributed by atoms with Crippen LogP contribution in [0.1, 0.15) is 5.56 Å². The van der Waals surface area contributed by atoms with E-state index in [4.69, 9.17) is 9.47 Å². The molecule has 146 valence electrons. The van der Waals surface area contributed by atoms with Crippen molar-refractivity contribution in [3.05, 3.63) is 70.6 Å². The van der Waals surface area contributed by atoms with Crippen LogP contribution in [0.15, 0.2) is 59.7 Å². The number of rotatable bonds is 4. The van der Waals surface area contributed by atoms with E-state index in [-0.39, 0.29) is 11.1 Å². The molecule has 0 atom stereocenters. The van der Waals surface area contributed by atoms with Crippen LogP contribution in [0.4, 0.5) is 13.2 Å². The summed E-state index contributed by atoms with van der Waals surface area (Å²) in [6, 6.07) is 9.84. The van der Waals surface area contributed by atoms with Crippen LogP contribution in [0.3, 0.4) is 0 Å². The van der Waals surface area contributed by atoms with Crippen molar-refractivity contribution in [2.24, 2.45) is 7.05 Å². The molecular weight excluding hydrogens is 371 g/mol. The number of methoxy groups -OCH3 is 2. The number of alkyl halides is 3. The van der Waals surface area contributed by atoms with Gasteiger partial charge in [-0.3, -0.25) is 4.79 Å². The van der Waals surface area contributed by atoms with E-state index in [9.17, 15) is 18.0 Å². The number of para-hydroxylation sites is 1. The number of aromatic nitrogens is 1. The van der Waals surface area contributed by atoms with E-state index in [1.54, 1.807) is 36.0 Å². The molecule has 0 radical (unpaired) electrons. The number of benzene rings is 2. The van der Waals surface area contributed by atoms with E-state index >= 15 is 0 Å². The summed E-state index contributed by atoms with van der Waals surface area (Å²) in [5.41, 5.74) is -0.0556. The number of ether oxygens (including phenoxy) is 2. The molecule has 1 aromatic heterocycles. The average molecular weight is 389 g/mol. The van der Waals surface area contributed by atoms with Gasteiger partial charge in [0.15, 0.2) is 16.9 Å². The minimum Gasteiger partial charge on any atom is -0.493 e. The average Bonchev–Trinajstić information content (AvgIpc) is 2.68. The van der Waals surface area contributed by atoms with Crippen molar-refractivity contribution in [3.8, 4) is 33.8 Å². The number of hydrogen-bond donors (Lipinski definition) is 0. The number of pyridine rings is 1. The van der Waals surface area contributed by atoms with Gasteiger partial charge < -0.3 is 14.0 Å². The zero-order chi connectivity index (χ0) is 20.5. The molecular formula is C21H18F3NO3. The maximum absolute atomic E-state index is 13.2. The van der Waals surface area contributed by atoms with Gasteiger partial charge in [0.1, 0.15) is 0 Å². The Labute approximate surface area is 159 Å². The predicted octanol–water partition coefficient (Wildman–Crippen LogP) is 4.76. The molecule has 3 rings (SSSR count). The molecule has 0 unspecified atom stereocenters. The Morgan fingerprint density at radius 2 is 1.57 bits per heavy atom. The van der Waals surface area contributed by atoms with Gasteiger partial charge in [-0.1, -0.05) is 24.3 Å². The fourth-order valence-corrected chi connectivity index (χ4v) is 3.07. The van der Waals surface area contributed by atoms with Gasteiger partial charge >= 0.3 is 6.18 Å². The Kier molecular flexibility index (Phi) is 5.18. The summed E-state index contributed by atoms with van der Waals surface area (Å²) in [6.07, 6.45) is -1.38. The molecule has 0 aliphatic carbocycles. The summed E-state index contributed by atoms with van der Waals surface area (Å²) in [4.78, 5) is 13.2. The summed E-state index contributed by atoms with van der Waals surface area (Å²) in [5, 5.41) is 0. The molecule has 0 fully saturated rings. The van der Waals surface area contributed by atoms with Gasteiger partial charge in [0, 0.05) is 36.1 Å². The SMILES string of the molecule is COc1cccc(-c2cn(C)cc(-c3cccc(C(F)(F)F)c3)c2=O)c1OC. The second kappa shape index (κ2) is 7.42. The van der Waals surface area contributed by atoms with Crippen molar-refractivity contribution in [1.82, 2.24) is 4.57 Å². The molecule has 7 heteroatoms. The molecule has 0 saturated heterocycles. The number of nitrogens with zero attached hydrogens (tertiary/aromatic N) is 1. The van der Waals surface area contributed by atoms with Gasteiger partial charge in [0.05, 0.1) is 19.8 Å². The van der Waals surface area contributed by atoms with Crippen LogP contribution in [-0.2, 0) is 13.2 Å². The van der Waals surface area contributed by atoms with Crippen molar-refractivity contribution in [2.45, 2.75) is 6.18 Å². The molecule has 28 heavy (non-hydrogen) atoms. The van der Waals surface area contributed by atoms with E-state index in [1.165, 1.54) is 32.5 Å². The van der Waals surface area contributed by atoms with Gasteiger partial charge in [0.2, 0.25) is 0 Å². The molecule has 0 saturated carbocycles. The van der Waals surface area contributed by atoms with Gasteiger partial charge in [-0.05, 0) is 23.8 Å². The molecule has 0 bridgehead atoms. The highest BCUT2D eigenvalue weighted by molar-refractivity contribution is 5.77. The number of halogens is 3. The Morgan fingerprint density at radius 1 is 0.893 bits per heavy atom. The van der Waals surface area contributed by atoms with Crippen molar-refractivity contribution >= 4 is 0 Å². The second-order valence-electron chi connectivity index (χ2n) is 6.20. The summed E-state index contributed by atoms with van der Waals surface area (Å²) < 4.78 is 51.5. The predicted molar refractivity (Wildman–Crippen MR) is 101 cm³/mol. The monoisotopic (exact) mass is 389 g/mol. The zero-order valence-corrected chi connectivity index (χ0v) is 15.5. The third-order valence-electron chi connectivity index (χ3n) is 4.35. The molecule has 1 heterocycles. The quantitative estimate of drug-likeness (QED) is 0.646. The molecule has 0 aliphatic heterocycles. The lowest BCUT2D eigenvalue weighted by molar-refractivity contribution is -0.137. The maximum atomic E-state index is 13.2. The lowest BCUT2D eigenvalue weighted by Crippen LogP contribution is -2.13. The van der Waals surface area contributed by atoms with E-state index in [1.807, 2.05) is 0 Å². The van der Waals surface area contributed by atoms with Crippen LogP contribution in [0.5, 0.6) is 11.5 Å². The van der Waals surface area contributed by atoms with Crippen molar-refractivity contribution in [1.29, 1.82) is 0 Å². The number of hydrogen-bond acceptors (Lipinski definition) is 3.